The molecule has 1 aliphatic rings. The van der Waals surface area contributed by atoms with Crippen molar-refractivity contribution in [3.63, 3.8) is 0 Å². The Labute approximate surface area is 230 Å². The van der Waals surface area contributed by atoms with Gasteiger partial charge in [-0.15, -0.1) is 0 Å². The molecular weight excluding hydrogens is 518 g/mol. The van der Waals surface area contributed by atoms with Gasteiger partial charge in [-0.2, -0.15) is 0 Å². The van der Waals surface area contributed by atoms with E-state index in [1.165, 1.54) is 4.31 Å². The van der Waals surface area contributed by atoms with Crippen LogP contribution in [0.3, 0.4) is 0 Å². The van der Waals surface area contributed by atoms with Gasteiger partial charge < -0.3 is 20.1 Å². The van der Waals surface area contributed by atoms with E-state index in [0.29, 0.717) is 22.8 Å². The number of carbonyl (C=O) groups excluding carboxylic acids is 1. The van der Waals surface area contributed by atoms with Gasteiger partial charge in [-0.25, -0.2) is 8.42 Å². The highest BCUT2D eigenvalue weighted by molar-refractivity contribution is 7.93. The lowest BCUT2D eigenvalue weighted by Crippen LogP contribution is -2.40. The van der Waals surface area contributed by atoms with Gasteiger partial charge >= 0.3 is 5.97 Å². The van der Waals surface area contributed by atoms with Gasteiger partial charge in [0.25, 0.3) is 0 Å². The van der Waals surface area contributed by atoms with Crippen LogP contribution in [0.2, 0.25) is 0 Å². The fourth-order valence-corrected chi connectivity index (χ4v) is 5.80. The van der Waals surface area contributed by atoms with Gasteiger partial charge in [-0.05, 0) is 55.7 Å². The van der Waals surface area contributed by atoms with Gasteiger partial charge in [0.15, 0.2) is 5.75 Å². The Morgan fingerprint density at radius 3 is 2.36 bits per heavy atom. The molecule has 0 spiro atoms. The molecule has 0 aliphatic carbocycles. The number of hydrogen-bond acceptors (Lipinski definition) is 7. The van der Waals surface area contributed by atoms with Crippen molar-refractivity contribution in [2.24, 2.45) is 5.73 Å². The number of rotatable bonds is 10. The molecule has 1 aliphatic heterocycles. The second-order valence-electron chi connectivity index (χ2n) is 9.60. The van der Waals surface area contributed by atoms with E-state index < -0.39 is 21.7 Å². The first kappa shape index (κ1) is 29.7. The second-order valence-corrected chi connectivity index (χ2v) is 11.5. The fourth-order valence-electron chi connectivity index (χ4n) is 4.49. The molecule has 0 radical (unpaired) electrons. The fraction of sp³-hybridized carbons (Fsp3) is 0.393. The van der Waals surface area contributed by atoms with Crippen LogP contribution in [0.15, 0.2) is 42.5 Å². The minimum Gasteiger partial charge on any atom is -0.490 e. The van der Waals surface area contributed by atoms with Crippen molar-refractivity contribution in [1.82, 2.24) is 4.90 Å². The van der Waals surface area contributed by atoms with Gasteiger partial charge in [0.1, 0.15) is 17.7 Å². The zero-order chi connectivity index (χ0) is 28.7. The van der Waals surface area contributed by atoms with Crippen LogP contribution in [0.4, 0.5) is 5.69 Å². The second kappa shape index (κ2) is 12.8. The van der Waals surface area contributed by atoms with Gasteiger partial charge in [-0.1, -0.05) is 30.4 Å². The van der Waals surface area contributed by atoms with Gasteiger partial charge in [-0.3, -0.25) is 19.9 Å². The third kappa shape index (κ3) is 7.82. The Morgan fingerprint density at radius 1 is 1.15 bits per heavy atom. The van der Waals surface area contributed by atoms with E-state index in [4.69, 9.17) is 21.3 Å². The molecule has 2 aromatic carbocycles. The standard InChI is InChI=1S/C28H37N5O5S/c1-19-15-24(16-20(2)27(19)38-25-10-13-32(14-11-25)21(3)29)33(39(35,36)18-26(34)37-4)12-6-8-22-7-5-9-23(17-22)28(30)31/h5-9,15-17,25,29H,10-14,18H2,1-4H3,(H3,30,31). The summed E-state index contributed by atoms with van der Waals surface area (Å²) in [5.41, 5.74) is 8.88. The summed E-state index contributed by atoms with van der Waals surface area (Å²) in [6.45, 7) is 7.03. The van der Waals surface area contributed by atoms with Crippen molar-refractivity contribution < 1.29 is 22.7 Å². The van der Waals surface area contributed by atoms with Gasteiger partial charge in [0.05, 0.1) is 25.2 Å². The normalized spacial score (nSPS) is 14.3. The van der Waals surface area contributed by atoms with E-state index in [0.717, 1.165) is 49.7 Å². The minimum absolute atomic E-state index is 0.0108. The lowest BCUT2D eigenvalue weighted by Gasteiger charge is -2.33. The minimum atomic E-state index is -4.06. The van der Waals surface area contributed by atoms with E-state index in [2.05, 4.69) is 4.74 Å². The van der Waals surface area contributed by atoms with Gasteiger partial charge in [0.2, 0.25) is 10.0 Å². The summed E-state index contributed by atoms with van der Waals surface area (Å²) in [5.74, 6) is -0.433. The van der Waals surface area contributed by atoms with Crippen LogP contribution >= 0.6 is 0 Å². The first-order chi connectivity index (χ1) is 18.4. The monoisotopic (exact) mass is 555 g/mol. The number of esters is 1. The molecule has 0 saturated carbocycles. The van der Waals surface area contributed by atoms with E-state index in [1.54, 1.807) is 49.4 Å². The molecular formula is C28H37N5O5S. The Kier molecular flexibility index (Phi) is 9.74. The number of benzene rings is 2. The van der Waals surface area contributed by atoms with Crippen molar-refractivity contribution in [1.29, 1.82) is 10.8 Å². The predicted octanol–water partition coefficient (Wildman–Crippen LogP) is 3.45. The largest absolute Gasteiger partial charge is 0.490 e. The summed E-state index contributed by atoms with van der Waals surface area (Å²) in [6, 6.07) is 10.5. The summed E-state index contributed by atoms with van der Waals surface area (Å²) in [5, 5.41) is 15.4. The first-order valence-corrected chi connectivity index (χ1v) is 14.3. The summed E-state index contributed by atoms with van der Waals surface area (Å²) >= 11 is 0. The van der Waals surface area contributed by atoms with Crippen molar-refractivity contribution in [2.75, 3.05) is 36.8 Å². The topological polar surface area (TPSA) is 150 Å². The number of amidine groups is 2. The molecule has 11 heteroatoms. The highest BCUT2D eigenvalue weighted by Gasteiger charge is 2.27. The number of nitrogens with two attached hydrogens (primary N) is 1. The van der Waals surface area contributed by atoms with Crippen LogP contribution in [-0.4, -0.2) is 69.6 Å². The van der Waals surface area contributed by atoms with Crippen LogP contribution < -0.4 is 14.8 Å². The molecule has 0 atom stereocenters. The smallest absolute Gasteiger partial charge is 0.322 e. The number of aryl methyl sites for hydroxylation is 2. The Hall–Kier alpha value is -3.86. The molecule has 210 valence electrons. The lowest BCUT2D eigenvalue weighted by molar-refractivity contribution is -0.137. The van der Waals surface area contributed by atoms with E-state index in [1.807, 2.05) is 24.8 Å². The Balaban J connectivity index is 1.87. The molecule has 0 amide bonds. The zero-order valence-electron chi connectivity index (χ0n) is 22.9. The molecule has 2 aromatic rings. The maximum atomic E-state index is 13.3. The number of likely N-dealkylation sites (tertiary alicyclic amines) is 1. The number of nitrogens with zero attached hydrogens (tertiary/aromatic N) is 2. The van der Waals surface area contributed by atoms with Crippen LogP contribution in [0.1, 0.15) is 42.0 Å². The average Bonchev–Trinajstić information content (AvgIpc) is 2.88. The predicted molar refractivity (Wildman–Crippen MR) is 154 cm³/mol. The third-order valence-corrected chi connectivity index (χ3v) is 8.21. The third-order valence-electron chi connectivity index (χ3n) is 6.58. The van der Waals surface area contributed by atoms with Crippen molar-refractivity contribution >= 4 is 39.4 Å². The van der Waals surface area contributed by atoms with Crippen LogP contribution in [0, 0.1) is 24.7 Å². The SMILES string of the molecule is COC(=O)CS(=O)(=O)N(CC=Cc1cccc(C(=N)N)c1)c1cc(C)c(OC2CCN(C(C)=N)CC2)c(C)c1. The summed E-state index contributed by atoms with van der Waals surface area (Å²) < 4.78 is 38.7. The molecule has 10 nitrogen and oxygen atoms in total. The summed E-state index contributed by atoms with van der Waals surface area (Å²) in [4.78, 5) is 13.9. The van der Waals surface area contributed by atoms with Crippen LogP contribution in [0.25, 0.3) is 6.08 Å². The number of carbonyl (C=O) groups is 1. The van der Waals surface area contributed by atoms with Gasteiger partial charge in [0, 0.05) is 31.5 Å². The average molecular weight is 556 g/mol. The molecule has 1 saturated heterocycles. The lowest BCUT2D eigenvalue weighted by atomic mass is 10.1. The summed E-state index contributed by atoms with van der Waals surface area (Å²) in [6.07, 6.45) is 5.03. The highest BCUT2D eigenvalue weighted by Crippen LogP contribution is 2.32. The number of piperidine rings is 1. The molecule has 39 heavy (non-hydrogen) atoms. The van der Waals surface area contributed by atoms with Crippen LogP contribution in [-0.2, 0) is 19.6 Å². The van der Waals surface area contributed by atoms with E-state index in [-0.39, 0.29) is 18.5 Å². The molecule has 3 rings (SSSR count). The van der Waals surface area contributed by atoms with Crippen molar-refractivity contribution in [3.8, 4) is 5.75 Å². The maximum Gasteiger partial charge on any atom is 0.322 e. The van der Waals surface area contributed by atoms with Crippen molar-refractivity contribution in [3.05, 3.63) is 64.7 Å². The number of nitrogen functional groups attached to an aromatic ring is 1. The Bertz CT molecular complexity index is 1340. The number of anilines is 1. The zero-order valence-corrected chi connectivity index (χ0v) is 23.7. The van der Waals surface area contributed by atoms with Crippen molar-refractivity contribution in [2.45, 2.75) is 39.7 Å². The molecule has 1 fully saturated rings. The highest BCUT2D eigenvalue weighted by atomic mass is 32.2. The van der Waals surface area contributed by atoms with Crippen LogP contribution in [0.5, 0.6) is 5.75 Å². The number of ether oxygens (including phenoxy) is 2. The number of sulfonamides is 1. The quantitative estimate of drug-likeness (QED) is 0.231. The molecule has 0 bridgehead atoms. The summed E-state index contributed by atoms with van der Waals surface area (Å²) in [7, 11) is -2.91. The Morgan fingerprint density at radius 2 is 1.79 bits per heavy atom. The first-order valence-electron chi connectivity index (χ1n) is 12.7. The number of nitrogens with one attached hydrogen (secondary N) is 2. The van der Waals surface area contributed by atoms with E-state index in [9.17, 15) is 13.2 Å². The molecule has 0 unspecified atom stereocenters. The number of methoxy groups -OCH3 is 1. The maximum absolute atomic E-state index is 13.3. The molecule has 4 N–H and O–H groups in total. The molecule has 1 heterocycles. The number of hydrogen-bond donors (Lipinski definition) is 3. The van der Waals surface area contributed by atoms with E-state index >= 15 is 0 Å². The molecule has 0 aromatic heterocycles.